The largest absolute Gasteiger partial charge is 0.344 e. The number of amidine groups is 2. The van der Waals surface area contributed by atoms with E-state index >= 15 is 0 Å². The molecule has 0 aliphatic carbocycles. The van der Waals surface area contributed by atoms with Crippen LogP contribution in [0.2, 0.25) is 0 Å². The smallest absolute Gasteiger partial charge is 0.159 e. The first-order valence-electron chi connectivity index (χ1n) is 18.1. The van der Waals surface area contributed by atoms with Gasteiger partial charge in [0.2, 0.25) is 0 Å². The van der Waals surface area contributed by atoms with Gasteiger partial charge in [0.15, 0.2) is 5.84 Å². The van der Waals surface area contributed by atoms with E-state index in [1.165, 1.54) is 64.9 Å². The van der Waals surface area contributed by atoms with Gasteiger partial charge in [-0.2, -0.15) is 0 Å². The van der Waals surface area contributed by atoms with Gasteiger partial charge in [-0.25, -0.2) is 9.98 Å². The van der Waals surface area contributed by atoms with E-state index in [9.17, 15) is 0 Å². The summed E-state index contributed by atoms with van der Waals surface area (Å²) in [5.41, 5.74) is 6.57. The first-order chi connectivity index (χ1) is 26.3. The monoisotopic (exact) mass is 676 g/mol. The lowest BCUT2D eigenvalue weighted by Crippen LogP contribution is -2.33. The van der Waals surface area contributed by atoms with E-state index in [0.29, 0.717) is 0 Å². The van der Waals surface area contributed by atoms with Gasteiger partial charge in [-0.3, -0.25) is 0 Å². The van der Waals surface area contributed by atoms with Gasteiger partial charge in [-0.15, -0.1) is 0 Å². The molecule has 53 heavy (non-hydrogen) atoms. The molecule has 0 bridgehead atoms. The Morgan fingerprint density at radius 3 is 1.72 bits per heavy atom. The minimum atomic E-state index is -0.247. The van der Waals surface area contributed by atoms with Crippen LogP contribution in [0.5, 0.6) is 0 Å². The normalized spacial score (nSPS) is 14.6. The third kappa shape index (κ3) is 4.69. The molecule has 4 nitrogen and oxygen atoms in total. The van der Waals surface area contributed by atoms with Gasteiger partial charge in [0.05, 0.1) is 11.0 Å². The van der Waals surface area contributed by atoms with Crippen molar-refractivity contribution in [3.8, 4) is 5.69 Å². The molecule has 248 valence electrons. The number of fused-ring (bicyclic) bond motifs is 11. The Morgan fingerprint density at radius 1 is 0.434 bits per heavy atom. The Bertz CT molecular complexity index is 3120. The summed E-state index contributed by atoms with van der Waals surface area (Å²) < 4.78 is 2.43. The second kappa shape index (κ2) is 11.8. The average molecular weight is 677 g/mol. The zero-order valence-electron chi connectivity index (χ0n) is 28.7. The lowest BCUT2D eigenvalue weighted by molar-refractivity contribution is 0.674. The van der Waals surface area contributed by atoms with Gasteiger partial charge < -0.3 is 9.88 Å². The quantitative estimate of drug-likeness (QED) is 0.185. The third-order valence-electron chi connectivity index (χ3n) is 10.8. The zero-order valence-corrected chi connectivity index (χ0v) is 28.7. The molecule has 0 fully saturated rings. The fraction of sp³-hybridized carbons (Fsp3) is 0.0204. The number of hydrogen-bond acceptors (Lipinski definition) is 3. The van der Waals surface area contributed by atoms with Gasteiger partial charge in [-0.05, 0) is 91.1 Å². The predicted octanol–water partition coefficient (Wildman–Crippen LogP) is 11.9. The van der Waals surface area contributed by atoms with Crippen LogP contribution >= 0.6 is 0 Å². The van der Waals surface area contributed by atoms with Crippen molar-refractivity contribution >= 4 is 76.6 Å². The molecule has 2 heterocycles. The molecule has 9 aromatic carbocycles. The molecular weight excluding hydrogens is 645 g/mol. The van der Waals surface area contributed by atoms with Crippen molar-refractivity contribution in [3.63, 3.8) is 0 Å². The van der Waals surface area contributed by atoms with Crippen molar-refractivity contribution in [2.45, 2.75) is 6.17 Å². The van der Waals surface area contributed by atoms with E-state index in [4.69, 9.17) is 9.98 Å². The first-order valence-corrected chi connectivity index (χ1v) is 18.1. The van der Waals surface area contributed by atoms with Crippen LogP contribution in [0.1, 0.15) is 22.9 Å². The van der Waals surface area contributed by atoms with E-state index < -0.39 is 0 Å². The predicted molar refractivity (Wildman–Crippen MR) is 223 cm³/mol. The average Bonchev–Trinajstić information content (AvgIpc) is 3.57. The number of nitrogens with one attached hydrogen (secondary N) is 1. The van der Waals surface area contributed by atoms with Crippen molar-refractivity contribution in [3.05, 3.63) is 199 Å². The van der Waals surface area contributed by atoms with E-state index in [1.54, 1.807) is 0 Å². The van der Waals surface area contributed by atoms with E-state index in [0.717, 1.165) is 34.0 Å². The lowest BCUT2D eigenvalue weighted by Gasteiger charge is -2.23. The second-order valence-corrected chi connectivity index (χ2v) is 13.8. The van der Waals surface area contributed by atoms with Crippen LogP contribution in [0.4, 0.5) is 0 Å². The summed E-state index contributed by atoms with van der Waals surface area (Å²) in [6.45, 7) is 0. The molecule has 0 radical (unpaired) electrons. The highest BCUT2D eigenvalue weighted by molar-refractivity contribution is 6.30. The summed E-state index contributed by atoms with van der Waals surface area (Å²) in [5.74, 6) is 1.52. The number of benzene rings is 9. The number of nitrogens with zero attached hydrogens (tertiary/aromatic N) is 3. The molecule has 0 amide bonds. The summed E-state index contributed by atoms with van der Waals surface area (Å²) in [6.07, 6.45) is -0.247. The fourth-order valence-corrected chi connectivity index (χ4v) is 8.35. The van der Waals surface area contributed by atoms with Crippen molar-refractivity contribution < 1.29 is 0 Å². The van der Waals surface area contributed by atoms with Crippen LogP contribution in [0.25, 0.3) is 70.6 Å². The van der Waals surface area contributed by atoms with Crippen LogP contribution in [0.3, 0.4) is 0 Å². The third-order valence-corrected chi connectivity index (χ3v) is 10.8. The number of aromatic nitrogens is 1. The maximum absolute atomic E-state index is 5.06. The molecule has 4 heteroatoms. The summed E-state index contributed by atoms with van der Waals surface area (Å²) in [6, 6.07) is 65.2. The van der Waals surface area contributed by atoms with E-state index in [2.05, 4.69) is 168 Å². The summed E-state index contributed by atoms with van der Waals surface area (Å²) >= 11 is 0. The van der Waals surface area contributed by atoms with Crippen LogP contribution in [0.15, 0.2) is 192 Å². The summed E-state index contributed by atoms with van der Waals surface area (Å²) in [5, 5.41) is 16.3. The topological polar surface area (TPSA) is 41.7 Å². The molecule has 1 aliphatic heterocycles. The number of hydrogen-bond donors (Lipinski definition) is 1. The van der Waals surface area contributed by atoms with Gasteiger partial charge in [0.25, 0.3) is 0 Å². The molecule has 1 atom stereocenters. The highest BCUT2D eigenvalue weighted by Crippen LogP contribution is 2.42. The molecule has 1 unspecified atom stereocenters. The second-order valence-electron chi connectivity index (χ2n) is 13.8. The molecule has 1 N–H and O–H groups in total. The number of rotatable bonds is 4. The molecule has 0 spiro atoms. The Balaban J connectivity index is 1.13. The Kier molecular flexibility index (Phi) is 6.58. The van der Waals surface area contributed by atoms with Crippen LogP contribution < -0.4 is 5.32 Å². The van der Waals surface area contributed by atoms with Crippen LogP contribution in [-0.4, -0.2) is 16.2 Å². The fourth-order valence-electron chi connectivity index (χ4n) is 8.35. The molecule has 0 saturated carbocycles. The molecule has 1 aliphatic rings. The van der Waals surface area contributed by atoms with E-state index in [1.807, 2.05) is 24.3 Å². The first kappa shape index (κ1) is 29.7. The van der Waals surface area contributed by atoms with Crippen LogP contribution in [-0.2, 0) is 0 Å². The molecule has 0 saturated heterocycles. The minimum Gasteiger partial charge on any atom is -0.344 e. The highest BCUT2D eigenvalue weighted by Gasteiger charge is 2.22. The number of aliphatic imine (C=N–C) groups is 2. The van der Waals surface area contributed by atoms with Crippen molar-refractivity contribution in [1.82, 2.24) is 9.88 Å². The van der Waals surface area contributed by atoms with Crippen molar-refractivity contribution in [2.24, 2.45) is 9.98 Å². The van der Waals surface area contributed by atoms with Gasteiger partial charge in [-0.1, -0.05) is 140 Å². The summed E-state index contributed by atoms with van der Waals surface area (Å²) in [7, 11) is 0. The Labute approximate surface area is 306 Å². The minimum absolute atomic E-state index is 0.247. The van der Waals surface area contributed by atoms with Crippen LogP contribution in [0, 0.1) is 0 Å². The van der Waals surface area contributed by atoms with E-state index in [-0.39, 0.29) is 6.17 Å². The molecule has 1 aromatic heterocycles. The molecule has 10 aromatic rings. The maximum Gasteiger partial charge on any atom is 0.159 e. The van der Waals surface area contributed by atoms with Crippen molar-refractivity contribution in [2.75, 3.05) is 0 Å². The van der Waals surface area contributed by atoms with Gasteiger partial charge in [0, 0.05) is 27.6 Å². The summed E-state index contributed by atoms with van der Waals surface area (Å²) in [4.78, 5) is 10.1. The van der Waals surface area contributed by atoms with Gasteiger partial charge >= 0.3 is 0 Å². The highest BCUT2D eigenvalue weighted by atomic mass is 15.2. The Morgan fingerprint density at radius 2 is 1.02 bits per heavy atom. The molecular formula is C49H32N4. The molecule has 11 rings (SSSR count). The zero-order chi connectivity index (χ0) is 34.9. The Hall–Kier alpha value is -7.04. The van der Waals surface area contributed by atoms with Gasteiger partial charge in [0.1, 0.15) is 12.0 Å². The SMILES string of the molecule is c1ccc(C2=NC(c3ccccc3)NC(c3ccc(-n4c5cc6c7ccccc7c7ccccc7c6cc5c5c6ccccc6ccc54)cc3)=N2)cc1. The lowest BCUT2D eigenvalue weighted by atomic mass is 9.93. The maximum atomic E-state index is 5.06. The van der Waals surface area contributed by atoms with Crippen molar-refractivity contribution in [1.29, 1.82) is 0 Å². The standard InChI is InChI=1S/C49H32N4/c1-3-14-32(15-4-1)47-50-48(33-16-5-2-6-17-33)52-49(51-47)34-23-26-35(27-24-34)53-44-28-25-31-13-7-8-18-36(31)46(44)43-29-41-39-21-11-9-19-37(39)38-20-10-12-22-40(38)42(41)30-45(43)53/h1-30,47H,(H,50,51,52).